The van der Waals surface area contributed by atoms with Gasteiger partial charge in [0.2, 0.25) is 0 Å². The van der Waals surface area contributed by atoms with Crippen LogP contribution in [0.4, 0.5) is 0 Å². The van der Waals surface area contributed by atoms with Crippen LogP contribution in [-0.2, 0) is 0 Å². The van der Waals surface area contributed by atoms with Crippen LogP contribution in [0.15, 0.2) is 94.3 Å². The Morgan fingerprint density at radius 2 is 1.53 bits per heavy atom. The molecule has 0 aliphatic rings. The Balaban J connectivity index is 1.84. The van der Waals surface area contributed by atoms with Crippen LogP contribution in [0.25, 0.3) is 33.8 Å². The van der Waals surface area contributed by atoms with E-state index in [-0.39, 0.29) is 5.56 Å². The van der Waals surface area contributed by atoms with E-state index in [1.807, 2.05) is 85.8 Å². The Bertz CT molecular complexity index is 1420. The van der Waals surface area contributed by atoms with Crippen molar-refractivity contribution in [1.29, 1.82) is 0 Å². The molecule has 2 heterocycles. The maximum Gasteiger partial charge on any atom is 0.269 e. The molecule has 0 aliphatic carbocycles. The lowest BCUT2D eigenvalue weighted by Gasteiger charge is -2.14. The summed E-state index contributed by atoms with van der Waals surface area (Å²) in [6.45, 7) is 2.01. The molecule has 0 aliphatic heterocycles. The third-order valence-corrected chi connectivity index (χ3v) is 5.57. The van der Waals surface area contributed by atoms with Crippen LogP contribution in [-0.4, -0.2) is 19.3 Å². The Morgan fingerprint density at radius 3 is 2.27 bits per heavy atom. The van der Waals surface area contributed by atoms with Crippen LogP contribution in [0.3, 0.4) is 0 Å². The van der Waals surface area contributed by atoms with Crippen molar-refractivity contribution >= 4 is 27.0 Å². The number of nitrogens with zero attached hydrogens (tertiary/aromatic N) is 4. The van der Waals surface area contributed by atoms with Crippen LogP contribution < -0.4 is 5.56 Å². The zero-order valence-corrected chi connectivity index (χ0v) is 17.7. The summed E-state index contributed by atoms with van der Waals surface area (Å²) in [6, 6.07) is 25.3. The predicted octanol–water partition coefficient (Wildman–Crippen LogP) is 5.31. The van der Waals surface area contributed by atoms with Gasteiger partial charge in [0.15, 0.2) is 5.65 Å². The second-order valence-electron chi connectivity index (χ2n) is 7.01. The summed E-state index contributed by atoms with van der Waals surface area (Å²) in [6.07, 6.45) is 1.75. The molecule has 0 saturated carbocycles. The normalized spacial score (nSPS) is 11.1. The minimum absolute atomic E-state index is 0.150. The molecule has 0 saturated heterocycles. The lowest BCUT2D eigenvalue weighted by molar-refractivity contribution is 0.888. The van der Waals surface area contributed by atoms with Crippen molar-refractivity contribution in [3.63, 3.8) is 0 Å². The average molecular weight is 457 g/mol. The predicted molar refractivity (Wildman–Crippen MR) is 122 cm³/mol. The molecule has 0 fully saturated rings. The number of fused-ring (bicyclic) bond motifs is 1. The van der Waals surface area contributed by atoms with Gasteiger partial charge in [0.1, 0.15) is 11.2 Å². The number of benzene rings is 3. The molecule has 0 bridgehead atoms. The van der Waals surface area contributed by atoms with Crippen molar-refractivity contribution in [3.05, 3.63) is 105 Å². The van der Waals surface area contributed by atoms with E-state index in [2.05, 4.69) is 21.0 Å². The van der Waals surface area contributed by atoms with E-state index >= 15 is 0 Å². The number of hydrogen-bond donors (Lipinski definition) is 0. The van der Waals surface area contributed by atoms with Crippen LogP contribution >= 0.6 is 15.9 Å². The lowest BCUT2D eigenvalue weighted by Crippen LogP contribution is -2.21. The third kappa shape index (κ3) is 3.15. The number of rotatable bonds is 3. The number of aromatic nitrogens is 4. The van der Waals surface area contributed by atoms with Gasteiger partial charge < -0.3 is 0 Å². The molecule has 0 N–H and O–H groups in total. The SMILES string of the molecule is Cc1ccccc1-c1nc2nn(-c3ccccc3)cc2c(=O)n1-c1ccc(Br)cc1. The highest BCUT2D eigenvalue weighted by molar-refractivity contribution is 9.10. The Labute approximate surface area is 181 Å². The first-order valence-electron chi connectivity index (χ1n) is 9.51. The summed E-state index contributed by atoms with van der Waals surface area (Å²) in [4.78, 5) is 18.5. The molecule has 5 aromatic rings. The van der Waals surface area contributed by atoms with Gasteiger partial charge in [0, 0.05) is 16.2 Å². The van der Waals surface area contributed by atoms with Crippen molar-refractivity contribution in [2.75, 3.05) is 0 Å². The molecule has 146 valence electrons. The minimum Gasteiger partial charge on any atom is -0.268 e. The van der Waals surface area contributed by atoms with Gasteiger partial charge in [-0.15, -0.1) is 5.10 Å². The molecule has 5 nitrogen and oxygen atoms in total. The zero-order valence-electron chi connectivity index (χ0n) is 16.2. The minimum atomic E-state index is -0.150. The second kappa shape index (κ2) is 7.39. The number of aryl methyl sites for hydroxylation is 1. The molecule has 0 atom stereocenters. The highest BCUT2D eigenvalue weighted by atomic mass is 79.9. The van der Waals surface area contributed by atoms with Crippen molar-refractivity contribution in [3.8, 4) is 22.8 Å². The van der Waals surface area contributed by atoms with E-state index < -0.39 is 0 Å². The van der Waals surface area contributed by atoms with E-state index in [0.29, 0.717) is 16.9 Å². The van der Waals surface area contributed by atoms with Crippen molar-refractivity contribution < 1.29 is 0 Å². The van der Waals surface area contributed by atoms with Gasteiger partial charge in [-0.2, -0.15) is 0 Å². The van der Waals surface area contributed by atoms with E-state index in [1.165, 1.54) is 0 Å². The fraction of sp³-hybridized carbons (Fsp3) is 0.0417. The maximum atomic E-state index is 13.6. The van der Waals surface area contributed by atoms with E-state index in [9.17, 15) is 4.79 Å². The van der Waals surface area contributed by atoms with Crippen molar-refractivity contribution in [2.45, 2.75) is 6.92 Å². The summed E-state index contributed by atoms with van der Waals surface area (Å²) >= 11 is 3.46. The van der Waals surface area contributed by atoms with Crippen LogP contribution in [0, 0.1) is 6.92 Å². The molecule has 0 radical (unpaired) electrons. The highest BCUT2D eigenvalue weighted by Gasteiger charge is 2.18. The third-order valence-electron chi connectivity index (χ3n) is 5.04. The molecule has 3 aromatic carbocycles. The van der Waals surface area contributed by atoms with Gasteiger partial charge in [0.05, 0.1) is 11.4 Å². The van der Waals surface area contributed by atoms with E-state index in [1.54, 1.807) is 15.4 Å². The van der Waals surface area contributed by atoms with Crippen LogP contribution in [0.2, 0.25) is 0 Å². The smallest absolute Gasteiger partial charge is 0.268 e. The maximum absolute atomic E-state index is 13.6. The largest absolute Gasteiger partial charge is 0.269 e. The summed E-state index contributed by atoms with van der Waals surface area (Å²) in [5, 5.41) is 5.06. The Morgan fingerprint density at radius 1 is 0.833 bits per heavy atom. The first kappa shape index (κ1) is 18.5. The van der Waals surface area contributed by atoms with Crippen molar-refractivity contribution in [2.24, 2.45) is 0 Å². The van der Waals surface area contributed by atoms with Crippen LogP contribution in [0.1, 0.15) is 5.56 Å². The molecule has 2 aromatic heterocycles. The van der Waals surface area contributed by atoms with Gasteiger partial charge in [-0.1, -0.05) is 58.4 Å². The van der Waals surface area contributed by atoms with E-state index in [0.717, 1.165) is 27.0 Å². The number of para-hydroxylation sites is 1. The second-order valence-corrected chi connectivity index (χ2v) is 7.93. The van der Waals surface area contributed by atoms with E-state index in [4.69, 9.17) is 4.98 Å². The highest BCUT2D eigenvalue weighted by Crippen LogP contribution is 2.25. The molecular weight excluding hydrogens is 440 g/mol. The van der Waals surface area contributed by atoms with Crippen molar-refractivity contribution in [1.82, 2.24) is 19.3 Å². The number of halogens is 1. The summed E-state index contributed by atoms with van der Waals surface area (Å²) in [5.74, 6) is 0.575. The molecular formula is C24H17BrN4O. The standard InChI is InChI=1S/C24H17BrN4O/c1-16-7-5-6-10-20(16)23-26-22-21(15-28(27-22)18-8-3-2-4-9-18)24(30)29(23)19-13-11-17(25)12-14-19/h2-15H,1H3. The fourth-order valence-electron chi connectivity index (χ4n) is 3.51. The van der Waals surface area contributed by atoms with Gasteiger partial charge >= 0.3 is 0 Å². The summed E-state index contributed by atoms with van der Waals surface area (Å²) in [5.41, 5.74) is 3.84. The van der Waals surface area contributed by atoms with Gasteiger partial charge in [-0.05, 0) is 48.9 Å². The molecule has 6 heteroatoms. The molecule has 0 unspecified atom stereocenters. The quantitative estimate of drug-likeness (QED) is 0.369. The lowest BCUT2D eigenvalue weighted by atomic mass is 10.1. The molecule has 0 spiro atoms. The average Bonchev–Trinajstić information content (AvgIpc) is 3.20. The Kier molecular flexibility index (Phi) is 4.56. The molecule has 30 heavy (non-hydrogen) atoms. The molecule has 5 rings (SSSR count). The summed E-state index contributed by atoms with van der Waals surface area (Å²) in [7, 11) is 0. The molecule has 0 amide bonds. The van der Waals surface area contributed by atoms with Gasteiger partial charge in [0.25, 0.3) is 5.56 Å². The first-order chi connectivity index (χ1) is 14.6. The Hall–Kier alpha value is -3.51. The van der Waals surface area contributed by atoms with Crippen LogP contribution in [0.5, 0.6) is 0 Å². The van der Waals surface area contributed by atoms with Gasteiger partial charge in [-0.3, -0.25) is 9.36 Å². The first-order valence-corrected chi connectivity index (χ1v) is 10.3. The summed E-state index contributed by atoms with van der Waals surface area (Å²) < 4.78 is 4.31. The topological polar surface area (TPSA) is 52.7 Å². The zero-order chi connectivity index (χ0) is 20.7. The monoisotopic (exact) mass is 456 g/mol. The van der Waals surface area contributed by atoms with Gasteiger partial charge in [-0.25, -0.2) is 9.67 Å². The fourth-order valence-corrected chi connectivity index (χ4v) is 3.78. The number of hydrogen-bond acceptors (Lipinski definition) is 3.